The largest absolute Gasteiger partial charge is 0.372 e. The van der Waals surface area contributed by atoms with Gasteiger partial charge in [0.05, 0.1) is 0 Å². The lowest BCUT2D eigenvalue weighted by Gasteiger charge is -2.08. The molecular formula is C7H10N2O4. The number of carbonyl (C=O) groups excluding carboxylic acids is 2. The Morgan fingerprint density at radius 3 is 2.08 bits per heavy atom. The Morgan fingerprint density at radius 2 is 1.85 bits per heavy atom. The van der Waals surface area contributed by atoms with Gasteiger partial charge in [-0.05, 0) is 6.42 Å². The molecule has 0 aromatic rings. The zero-order chi connectivity index (χ0) is 10.1. The third-order valence-corrected chi connectivity index (χ3v) is 2.24. The van der Waals surface area contributed by atoms with Crippen molar-refractivity contribution >= 4 is 11.9 Å². The van der Waals surface area contributed by atoms with Crippen molar-refractivity contribution in [3.8, 4) is 0 Å². The molecule has 13 heavy (non-hydrogen) atoms. The summed E-state index contributed by atoms with van der Waals surface area (Å²) in [5.41, 5.74) is -1.36. The molecular weight excluding hydrogens is 176 g/mol. The highest BCUT2D eigenvalue weighted by Crippen LogP contribution is 2.54. The third kappa shape index (κ3) is 1.20. The lowest BCUT2D eigenvalue weighted by atomic mass is 10.1. The number of hydrogen-bond donors (Lipinski definition) is 2. The van der Waals surface area contributed by atoms with Crippen LogP contribution in [0.1, 0.15) is 6.42 Å². The van der Waals surface area contributed by atoms with Gasteiger partial charge >= 0.3 is 11.9 Å². The smallest absolute Gasteiger partial charge is 0.342 e. The van der Waals surface area contributed by atoms with Gasteiger partial charge in [0.2, 0.25) is 0 Å². The van der Waals surface area contributed by atoms with E-state index in [1.165, 1.54) is 6.08 Å². The van der Waals surface area contributed by atoms with Gasteiger partial charge in [0, 0.05) is 5.92 Å². The molecule has 0 saturated heterocycles. The quantitative estimate of drug-likeness (QED) is 0.333. The van der Waals surface area contributed by atoms with Crippen LogP contribution in [0.25, 0.3) is 0 Å². The minimum absolute atomic E-state index is 0.280. The zero-order valence-electron chi connectivity index (χ0n) is 6.86. The predicted molar refractivity (Wildman–Crippen MR) is 41.3 cm³/mol. The Labute approximate surface area is 74.4 Å². The van der Waals surface area contributed by atoms with E-state index in [9.17, 15) is 9.59 Å². The van der Waals surface area contributed by atoms with E-state index in [2.05, 4.69) is 28.0 Å². The van der Waals surface area contributed by atoms with Crippen LogP contribution in [-0.2, 0) is 19.3 Å². The molecule has 0 bridgehead atoms. The second-order valence-electron chi connectivity index (χ2n) is 2.83. The second-order valence-corrected chi connectivity index (χ2v) is 2.83. The first-order chi connectivity index (χ1) is 6.13. The normalized spacial score (nSPS) is 23.1. The van der Waals surface area contributed by atoms with Crippen LogP contribution in [0.2, 0.25) is 0 Å². The Balaban J connectivity index is 2.86. The van der Waals surface area contributed by atoms with Crippen molar-refractivity contribution in [2.45, 2.75) is 6.42 Å². The van der Waals surface area contributed by atoms with Crippen molar-refractivity contribution in [2.75, 3.05) is 0 Å². The maximum absolute atomic E-state index is 11.1. The van der Waals surface area contributed by atoms with Crippen molar-refractivity contribution in [1.82, 2.24) is 0 Å². The van der Waals surface area contributed by atoms with E-state index in [1.807, 2.05) is 0 Å². The van der Waals surface area contributed by atoms with E-state index in [1.54, 1.807) is 0 Å². The molecule has 1 aliphatic rings. The van der Waals surface area contributed by atoms with Crippen LogP contribution in [0.4, 0.5) is 0 Å². The summed E-state index contributed by atoms with van der Waals surface area (Å²) in [7, 11) is 0. The maximum Gasteiger partial charge on any atom is 0.342 e. The molecule has 0 amide bonds. The van der Waals surface area contributed by atoms with E-state index < -0.39 is 17.4 Å². The number of carbonyl (C=O) groups is 2. The summed E-state index contributed by atoms with van der Waals surface area (Å²) in [5.74, 6) is 7.36. The summed E-state index contributed by atoms with van der Waals surface area (Å²) < 4.78 is 0. The van der Waals surface area contributed by atoms with Crippen molar-refractivity contribution in [3.63, 3.8) is 0 Å². The summed E-state index contributed by atoms with van der Waals surface area (Å²) in [4.78, 5) is 30.2. The first kappa shape index (κ1) is 9.69. The monoisotopic (exact) mass is 186 g/mol. The first-order valence-corrected chi connectivity index (χ1v) is 3.58. The summed E-state index contributed by atoms with van der Waals surface area (Å²) in [5, 5.41) is 0. The number of hydrogen-bond acceptors (Lipinski definition) is 6. The van der Waals surface area contributed by atoms with Crippen molar-refractivity contribution in [1.29, 1.82) is 0 Å². The van der Waals surface area contributed by atoms with Gasteiger partial charge in [0.25, 0.3) is 0 Å². The zero-order valence-corrected chi connectivity index (χ0v) is 6.86. The summed E-state index contributed by atoms with van der Waals surface area (Å²) >= 11 is 0. The molecule has 72 valence electrons. The van der Waals surface area contributed by atoms with Crippen molar-refractivity contribution in [2.24, 2.45) is 23.1 Å². The molecule has 1 fully saturated rings. The molecule has 0 aliphatic heterocycles. The standard InChI is InChI=1S/C7H10N2O4/c1-2-4-3-7(4,5(10)12-8)6(11)13-9/h2,4H,1,3,8-9H2. The molecule has 1 saturated carbocycles. The molecule has 1 aliphatic carbocycles. The van der Waals surface area contributed by atoms with Crippen molar-refractivity contribution in [3.05, 3.63) is 12.7 Å². The molecule has 0 spiro atoms. The SMILES string of the molecule is C=CC1CC1(C(=O)ON)C(=O)ON. The fourth-order valence-corrected chi connectivity index (χ4v) is 1.34. The molecule has 6 heteroatoms. The highest BCUT2D eigenvalue weighted by molar-refractivity contribution is 6.04. The summed E-state index contributed by atoms with van der Waals surface area (Å²) in [6.45, 7) is 3.45. The van der Waals surface area contributed by atoms with Crippen LogP contribution in [0.3, 0.4) is 0 Å². The first-order valence-electron chi connectivity index (χ1n) is 3.58. The lowest BCUT2D eigenvalue weighted by molar-refractivity contribution is -0.166. The number of rotatable bonds is 3. The van der Waals surface area contributed by atoms with Crippen LogP contribution in [0.5, 0.6) is 0 Å². The van der Waals surface area contributed by atoms with Gasteiger partial charge in [-0.1, -0.05) is 6.08 Å². The van der Waals surface area contributed by atoms with E-state index in [4.69, 9.17) is 0 Å². The van der Waals surface area contributed by atoms with Gasteiger partial charge < -0.3 is 9.68 Å². The van der Waals surface area contributed by atoms with Crippen LogP contribution in [-0.4, -0.2) is 11.9 Å². The molecule has 1 atom stereocenters. The Bertz CT molecular complexity index is 247. The van der Waals surface area contributed by atoms with Crippen LogP contribution in [0, 0.1) is 11.3 Å². The average Bonchev–Trinajstić information content (AvgIpc) is 2.91. The molecule has 4 N–H and O–H groups in total. The average molecular weight is 186 g/mol. The molecule has 1 unspecified atom stereocenters. The summed E-state index contributed by atoms with van der Waals surface area (Å²) in [6.07, 6.45) is 1.75. The second kappa shape index (κ2) is 3.15. The number of nitrogens with two attached hydrogens (primary N) is 2. The van der Waals surface area contributed by atoms with Gasteiger partial charge in [0.1, 0.15) is 0 Å². The minimum atomic E-state index is -1.36. The topological polar surface area (TPSA) is 105 Å². The van der Waals surface area contributed by atoms with Crippen LogP contribution < -0.4 is 11.8 Å². The maximum atomic E-state index is 11.1. The Morgan fingerprint density at radius 1 is 1.38 bits per heavy atom. The van der Waals surface area contributed by atoms with E-state index in [0.717, 1.165) is 0 Å². The van der Waals surface area contributed by atoms with Gasteiger partial charge in [-0.15, -0.1) is 6.58 Å². The molecule has 0 heterocycles. The van der Waals surface area contributed by atoms with Crippen LogP contribution in [0.15, 0.2) is 12.7 Å². The molecule has 0 aromatic heterocycles. The highest BCUT2D eigenvalue weighted by Gasteiger charge is 2.67. The molecule has 6 nitrogen and oxygen atoms in total. The predicted octanol–water partition coefficient (Wildman–Crippen LogP) is -0.987. The van der Waals surface area contributed by atoms with E-state index in [0.29, 0.717) is 0 Å². The molecule has 0 radical (unpaired) electrons. The van der Waals surface area contributed by atoms with Gasteiger partial charge in [-0.3, -0.25) is 0 Å². The molecule has 1 rings (SSSR count). The van der Waals surface area contributed by atoms with Gasteiger partial charge in [0.15, 0.2) is 5.41 Å². The van der Waals surface area contributed by atoms with Crippen LogP contribution >= 0.6 is 0 Å². The third-order valence-electron chi connectivity index (χ3n) is 2.24. The summed E-state index contributed by atoms with van der Waals surface area (Å²) in [6, 6.07) is 0. The fourth-order valence-electron chi connectivity index (χ4n) is 1.34. The highest BCUT2D eigenvalue weighted by atomic mass is 16.7. The fraction of sp³-hybridized carbons (Fsp3) is 0.429. The Kier molecular flexibility index (Phi) is 2.35. The Hall–Kier alpha value is -1.40. The van der Waals surface area contributed by atoms with E-state index >= 15 is 0 Å². The lowest BCUT2D eigenvalue weighted by Crippen LogP contribution is -2.34. The van der Waals surface area contributed by atoms with Gasteiger partial charge in [-0.2, -0.15) is 11.8 Å². The minimum Gasteiger partial charge on any atom is -0.372 e. The molecule has 0 aromatic carbocycles. The van der Waals surface area contributed by atoms with Gasteiger partial charge in [-0.25, -0.2) is 9.59 Å². The number of allylic oxidation sites excluding steroid dienone is 1. The van der Waals surface area contributed by atoms with Crippen molar-refractivity contribution < 1.29 is 19.3 Å². The van der Waals surface area contributed by atoms with E-state index in [-0.39, 0.29) is 12.3 Å².